The van der Waals surface area contributed by atoms with Crippen molar-refractivity contribution in [3.63, 3.8) is 0 Å². The van der Waals surface area contributed by atoms with Gasteiger partial charge in [0.25, 0.3) is 5.91 Å². The minimum atomic E-state index is -0.228. The van der Waals surface area contributed by atoms with Crippen LogP contribution in [-0.4, -0.2) is 41.5 Å². The van der Waals surface area contributed by atoms with Crippen molar-refractivity contribution in [3.8, 4) is 0 Å². The highest BCUT2D eigenvalue weighted by molar-refractivity contribution is 6.35. The Morgan fingerprint density at radius 2 is 2.05 bits per heavy atom. The van der Waals surface area contributed by atoms with E-state index in [1.165, 1.54) is 12.3 Å². The quantitative estimate of drug-likeness (QED) is 0.822. The van der Waals surface area contributed by atoms with Gasteiger partial charge in [-0.05, 0) is 26.1 Å². The van der Waals surface area contributed by atoms with Crippen molar-refractivity contribution >= 4 is 29.1 Å². The summed E-state index contributed by atoms with van der Waals surface area (Å²) >= 11 is 11.7. The fourth-order valence-electron chi connectivity index (χ4n) is 1.80. The van der Waals surface area contributed by atoms with Crippen LogP contribution in [-0.2, 0) is 0 Å². The van der Waals surface area contributed by atoms with Crippen molar-refractivity contribution in [1.82, 2.24) is 15.2 Å². The molecule has 0 radical (unpaired) electrons. The number of hydrogen-bond donors (Lipinski definition) is 1. The molecule has 1 aromatic heterocycles. The summed E-state index contributed by atoms with van der Waals surface area (Å²) in [5.41, 5.74) is 0.355. The zero-order valence-corrected chi connectivity index (χ0v) is 12.9. The lowest BCUT2D eigenvalue weighted by Crippen LogP contribution is -2.42. The van der Waals surface area contributed by atoms with Crippen molar-refractivity contribution < 1.29 is 4.79 Å². The monoisotopic (exact) mass is 303 g/mol. The molecule has 0 aromatic carbocycles. The smallest absolute Gasteiger partial charge is 0.253 e. The first-order valence-electron chi connectivity index (χ1n) is 6.32. The topological polar surface area (TPSA) is 45.2 Å². The standard InChI is InChI=1S/C13H19Cl2N3O/c1-4-18(5-2)8-9(3)17-13(19)10-6-12(15)16-7-11(10)14/h6-7,9H,4-5,8H2,1-3H3,(H,17,19). The van der Waals surface area contributed by atoms with E-state index < -0.39 is 0 Å². The Kier molecular flexibility index (Phi) is 6.55. The molecule has 1 rings (SSSR count). The first kappa shape index (κ1) is 16.2. The molecule has 0 bridgehead atoms. The van der Waals surface area contributed by atoms with E-state index in [-0.39, 0.29) is 17.1 Å². The maximum atomic E-state index is 12.1. The summed E-state index contributed by atoms with van der Waals surface area (Å²) in [5, 5.41) is 3.47. The minimum Gasteiger partial charge on any atom is -0.348 e. The number of hydrogen-bond acceptors (Lipinski definition) is 3. The van der Waals surface area contributed by atoms with Gasteiger partial charge in [0.15, 0.2) is 0 Å². The highest BCUT2D eigenvalue weighted by Crippen LogP contribution is 2.18. The van der Waals surface area contributed by atoms with E-state index >= 15 is 0 Å². The fraction of sp³-hybridized carbons (Fsp3) is 0.538. The molecule has 4 nitrogen and oxygen atoms in total. The number of rotatable bonds is 6. The van der Waals surface area contributed by atoms with Gasteiger partial charge < -0.3 is 10.2 Å². The van der Waals surface area contributed by atoms with E-state index in [1.807, 2.05) is 6.92 Å². The molecule has 1 heterocycles. The van der Waals surface area contributed by atoms with Crippen molar-refractivity contribution in [3.05, 3.63) is 28.0 Å². The number of pyridine rings is 1. The van der Waals surface area contributed by atoms with E-state index in [9.17, 15) is 4.79 Å². The predicted octanol–water partition coefficient (Wildman–Crippen LogP) is 2.85. The van der Waals surface area contributed by atoms with Crippen LogP contribution >= 0.6 is 23.2 Å². The van der Waals surface area contributed by atoms with E-state index in [0.29, 0.717) is 10.6 Å². The second kappa shape index (κ2) is 7.68. The Hall–Kier alpha value is -0.840. The molecule has 1 unspecified atom stereocenters. The van der Waals surface area contributed by atoms with Crippen molar-refractivity contribution in [1.29, 1.82) is 0 Å². The van der Waals surface area contributed by atoms with E-state index in [1.54, 1.807) is 0 Å². The third-order valence-electron chi connectivity index (χ3n) is 2.87. The number of nitrogens with one attached hydrogen (secondary N) is 1. The second-order valence-electron chi connectivity index (χ2n) is 4.35. The van der Waals surface area contributed by atoms with Gasteiger partial charge in [0, 0.05) is 18.8 Å². The van der Waals surface area contributed by atoms with E-state index in [4.69, 9.17) is 23.2 Å². The molecule has 1 aromatic rings. The molecule has 19 heavy (non-hydrogen) atoms. The molecule has 0 saturated carbocycles. The molecule has 0 aliphatic heterocycles. The van der Waals surface area contributed by atoms with Gasteiger partial charge in [-0.3, -0.25) is 4.79 Å². The van der Waals surface area contributed by atoms with Gasteiger partial charge in [0.2, 0.25) is 0 Å². The van der Waals surface area contributed by atoms with Gasteiger partial charge in [-0.2, -0.15) is 0 Å². The summed E-state index contributed by atoms with van der Waals surface area (Å²) in [6, 6.07) is 1.51. The van der Waals surface area contributed by atoms with Crippen LogP contribution in [0.25, 0.3) is 0 Å². The van der Waals surface area contributed by atoms with Crippen LogP contribution in [0.4, 0.5) is 0 Å². The van der Waals surface area contributed by atoms with Gasteiger partial charge in [-0.1, -0.05) is 37.0 Å². The lowest BCUT2D eigenvalue weighted by Gasteiger charge is -2.23. The lowest BCUT2D eigenvalue weighted by molar-refractivity contribution is 0.0930. The summed E-state index contributed by atoms with van der Waals surface area (Å²) in [7, 11) is 0. The van der Waals surface area contributed by atoms with Crippen LogP contribution in [0.2, 0.25) is 10.2 Å². The molecule has 6 heteroatoms. The molecule has 0 fully saturated rings. The third kappa shape index (κ3) is 4.97. The zero-order chi connectivity index (χ0) is 14.4. The molecule has 1 atom stereocenters. The van der Waals surface area contributed by atoms with Crippen molar-refractivity contribution in [2.75, 3.05) is 19.6 Å². The van der Waals surface area contributed by atoms with E-state index in [2.05, 4.69) is 29.0 Å². The first-order chi connectivity index (χ1) is 8.97. The Bertz CT molecular complexity index is 436. The molecule has 0 aliphatic carbocycles. The molecule has 1 amide bonds. The van der Waals surface area contributed by atoms with Crippen molar-refractivity contribution in [2.24, 2.45) is 0 Å². The van der Waals surface area contributed by atoms with Gasteiger partial charge in [0.05, 0.1) is 10.6 Å². The maximum absolute atomic E-state index is 12.1. The third-order valence-corrected chi connectivity index (χ3v) is 3.38. The summed E-state index contributed by atoms with van der Waals surface area (Å²) in [6.07, 6.45) is 1.38. The minimum absolute atomic E-state index is 0.0374. The highest BCUT2D eigenvalue weighted by Gasteiger charge is 2.15. The normalized spacial score (nSPS) is 12.5. The molecular weight excluding hydrogens is 285 g/mol. The maximum Gasteiger partial charge on any atom is 0.253 e. The van der Waals surface area contributed by atoms with Crippen molar-refractivity contribution in [2.45, 2.75) is 26.8 Å². The summed E-state index contributed by atoms with van der Waals surface area (Å²) in [6.45, 7) is 8.87. The summed E-state index contributed by atoms with van der Waals surface area (Å²) in [4.78, 5) is 18.1. The average molecular weight is 304 g/mol. The van der Waals surface area contributed by atoms with Crippen LogP contribution in [0.3, 0.4) is 0 Å². The molecule has 0 saturated heterocycles. The zero-order valence-electron chi connectivity index (χ0n) is 11.4. The van der Waals surface area contributed by atoms with Crippen LogP contribution in [0, 0.1) is 0 Å². The van der Waals surface area contributed by atoms with Crippen LogP contribution < -0.4 is 5.32 Å². The molecular formula is C13H19Cl2N3O. The van der Waals surface area contributed by atoms with Crippen LogP contribution in [0.1, 0.15) is 31.1 Å². The Labute approximate surface area is 124 Å². The average Bonchev–Trinajstić information content (AvgIpc) is 2.38. The number of likely N-dealkylation sites (N-methyl/N-ethyl adjacent to an activating group) is 1. The van der Waals surface area contributed by atoms with Gasteiger partial charge >= 0.3 is 0 Å². The lowest BCUT2D eigenvalue weighted by atomic mass is 10.2. The second-order valence-corrected chi connectivity index (χ2v) is 5.14. The Balaban J connectivity index is 2.66. The Morgan fingerprint density at radius 1 is 1.42 bits per heavy atom. The molecule has 0 aliphatic rings. The summed E-state index contributed by atoms with van der Waals surface area (Å²) < 4.78 is 0. The number of halogens is 2. The van der Waals surface area contributed by atoms with Crippen LogP contribution in [0.5, 0.6) is 0 Å². The van der Waals surface area contributed by atoms with Gasteiger partial charge in [-0.15, -0.1) is 0 Å². The Morgan fingerprint density at radius 3 is 2.63 bits per heavy atom. The number of amides is 1. The molecule has 0 spiro atoms. The van der Waals surface area contributed by atoms with Gasteiger partial charge in [-0.25, -0.2) is 4.98 Å². The predicted molar refractivity (Wildman–Crippen MR) is 79.0 cm³/mol. The molecule has 1 N–H and O–H groups in total. The highest BCUT2D eigenvalue weighted by atomic mass is 35.5. The number of carbonyl (C=O) groups excluding carboxylic acids is 1. The van der Waals surface area contributed by atoms with E-state index in [0.717, 1.165) is 19.6 Å². The number of aromatic nitrogens is 1. The fourth-order valence-corrected chi connectivity index (χ4v) is 2.15. The first-order valence-corrected chi connectivity index (χ1v) is 7.07. The molecule has 106 valence electrons. The van der Waals surface area contributed by atoms with Gasteiger partial charge in [0.1, 0.15) is 5.15 Å². The van der Waals surface area contributed by atoms with Crippen LogP contribution in [0.15, 0.2) is 12.3 Å². The number of nitrogens with zero attached hydrogens (tertiary/aromatic N) is 2. The largest absolute Gasteiger partial charge is 0.348 e. The summed E-state index contributed by atoms with van der Waals surface area (Å²) in [5.74, 6) is -0.228. The number of carbonyl (C=O) groups is 1. The SMILES string of the molecule is CCN(CC)CC(C)NC(=O)c1cc(Cl)ncc1Cl.